The molecule has 0 aliphatic heterocycles. The Balaban J connectivity index is 1.75. The topological polar surface area (TPSA) is 86.7 Å². The highest BCUT2D eigenvalue weighted by molar-refractivity contribution is 7.99. The van der Waals surface area contributed by atoms with E-state index in [9.17, 15) is 26.3 Å². The zero-order chi connectivity index (χ0) is 21.5. The molecule has 8 nitrogen and oxygen atoms in total. The second kappa shape index (κ2) is 7.23. The number of fused-ring (bicyclic) bond motifs is 1. The van der Waals surface area contributed by atoms with Crippen LogP contribution < -0.4 is 0 Å². The summed E-state index contributed by atoms with van der Waals surface area (Å²) >= 11 is 0.627. The van der Waals surface area contributed by atoms with Crippen LogP contribution in [-0.2, 0) is 12.7 Å². The SMILES string of the molecule is FC(F)(F)Cn1c(Sc2ccc3nnc(C(F)(F)F)n3n2)nnc1-c1ccncc1. The second-order valence-corrected chi connectivity index (χ2v) is 6.80. The first kappa shape index (κ1) is 20.1. The lowest BCUT2D eigenvalue weighted by Crippen LogP contribution is -2.19. The van der Waals surface area contributed by atoms with E-state index in [1.54, 1.807) is 0 Å². The summed E-state index contributed by atoms with van der Waals surface area (Å²) in [6, 6.07) is 5.43. The Kier molecular flexibility index (Phi) is 4.83. The number of hydrogen-bond acceptors (Lipinski definition) is 7. The van der Waals surface area contributed by atoms with Gasteiger partial charge < -0.3 is 0 Å². The van der Waals surface area contributed by atoms with Crippen LogP contribution in [0.2, 0.25) is 0 Å². The van der Waals surface area contributed by atoms with Crippen molar-refractivity contribution in [1.29, 1.82) is 0 Å². The lowest BCUT2D eigenvalue weighted by atomic mass is 10.2. The molecule has 156 valence electrons. The molecule has 4 rings (SSSR count). The molecule has 0 aliphatic rings. The minimum Gasteiger partial charge on any atom is -0.293 e. The molecule has 15 heteroatoms. The van der Waals surface area contributed by atoms with Crippen LogP contribution in [0.3, 0.4) is 0 Å². The van der Waals surface area contributed by atoms with Crippen molar-refractivity contribution in [3.63, 3.8) is 0 Å². The summed E-state index contributed by atoms with van der Waals surface area (Å²) in [5, 5.41) is 17.5. The molecule has 0 radical (unpaired) electrons. The third kappa shape index (κ3) is 4.05. The predicted octanol–water partition coefficient (Wildman–Crippen LogP) is 3.51. The normalized spacial score (nSPS) is 12.6. The number of hydrogen-bond donors (Lipinski definition) is 0. The van der Waals surface area contributed by atoms with Crippen molar-refractivity contribution in [2.45, 2.75) is 29.1 Å². The van der Waals surface area contributed by atoms with Crippen molar-refractivity contribution in [3.8, 4) is 11.4 Å². The Morgan fingerprint density at radius 3 is 2.27 bits per heavy atom. The lowest BCUT2D eigenvalue weighted by molar-refractivity contribution is -0.146. The quantitative estimate of drug-likeness (QED) is 0.444. The lowest BCUT2D eigenvalue weighted by Gasteiger charge is -2.12. The molecule has 0 unspecified atom stereocenters. The number of alkyl halides is 6. The van der Waals surface area contributed by atoms with Gasteiger partial charge >= 0.3 is 12.4 Å². The minimum atomic E-state index is -4.81. The van der Waals surface area contributed by atoms with E-state index in [2.05, 4.69) is 30.5 Å². The molecular weight excluding hydrogens is 438 g/mol. The standard InChI is InChI=1S/C15H8F6N8S/c16-14(17,18)7-28-11(8-3-5-22-6-4-8)24-26-13(28)30-10-2-1-9-23-25-12(15(19,20)21)29(9)27-10/h1-6H,7H2. The van der Waals surface area contributed by atoms with E-state index >= 15 is 0 Å². The first-order chi connectivity index (χ1) is 14.1. The third-order valence-electron chi connectivity index (χ3n) is 3.68. The number of pyridine rings is 1. The van der Waals surface area contributed by atoms with E-state index < -0.39 is 24.7 Å². The monoisotopic (exact) mass is 446 g/mol. The molecule has 0 amide bonds. The summed E-state index contributed by atoms with van der Waals surface area (Å²) in [6.45, 7) is -1.40. The van der Waals surface area contributed by atoms with Crippen molar-refractivity contribution >= 4 is 17.4 Å². The zero-order valence-corrected chi connectivity index (χ0v) is 15.2. The Morgan fingerprint density at radius 1 is 0.867 bits per heavy atom. The van der Waals surface area contributed by atoms with E-state index in [-0.39, 0.29) is 21.7 Å². The fourth-order valence-corrected chi connectivity index (χ4v) is 3.29. The van der Waals surface area contributed by atoms with E-state index in [4.69, 9.17) is 0 Å². The number of rotatable bonds is 4. The molecule has 0 N–H and O–H groups in total. The summed E-state index contributed by atoms with van der Waals surface area (Å²) < 4.78 is 79.7. The largest absolute Gasteiger partial charge is 0.453 e. The molecule has 4 heterocycles. The highest BCUT2D eigenvalue weighted by Crippen LogP contribution is 2.32. The summed E-state index contributed by atoms with van der Waals surface area (Å²) in [5.41, 5.74) is 0.177. The molecule has 0 atom stereocenters. The van der Waals surface area contributed by atoms with Crippen LogP contribution >= 0.6 is 11.8 Å². The highest BCUT2D eigenvalue weighted by atomic mass is 32.2. The van der Waals surface area contributed by atoms with E-state index in [0.29, 0.717) is 21.8 Å². The molecule has 0 spiro atoms. The van der Waals surface area contributed by atoms with Crippen LogP contribution in [0.15, 0.2) is 46.8 Å². The molecule has 4 aromatic rings. The van der Waals surface area contributed by atoms with Crippen LogP contribution in [0, 0.1) is 0 Å². The van der Waals surface area contributed by atoms with Crippen LogP contribution in [-0.4, -0.2) is 45.7 Å². The van der Waals surface area contributed by atoms with Crippen molar-refractivity contribution in [3.05, 3.63) is 42.5 Å². The molecule has 0 fully saturated rings. The van der Waals surface area contributed by atoms with E-state index in [1.165, 1.54) is 36.7 Å². The third-order valence-corrected chi connectivity index (χ3v) is 4.59. The van der Waals surface area contributed by atoms with E-state index in [1.807, 2.05) is 0 Å². The van der Waals surface area contributed by atoms with E-state index in [0.717, 1.165) is 4.57 Å². The molecule has 4 aromatic heterocycles. The Bertz CT molecular complexity index is 1180. The fraction of sp³-hybridized carbons (Fsp3) is 0.200. The average Bonchev–Trinajstić information content (AvgIpc) is 3.25. The first-order valence-corrected chi connectivity index (χ1v) is 8.81. The second-order valence-electron chi connectivity index (χ2n) is 5.81. The molecule has 0 aliphatic carbocycles. The van der Waals surface area contributed by atoms with Gasteiger partial charge in [0.15, 0.2) is 16.6 Å². The predicted molar refractivity (Wildman–Crippen MR) is 89.2 cm³/mol. The van der Waals surface area contributed by atoms with Gasteiger partial charge in [0.1, 0.15) is 11.6 Å². The van der Waals surface area contributed by atoms with Crippen molar-refractivity contribution in [1.82, 2.24) is 39.6 Å². The van der Waals surface area contributed by atoms with Gasteiger partial charge in [-0.3, -0.25) is 9.55 Å². The van der Waals surface area contributed by atoms with Gasteiger partial charge in [-0.05, 0) is 36.0 Å². The number of halogens is 6. The van der Waals surface area contributed by atoms with Gasteiger partial charge in [0.05, 0.1) is 0 Å². The van der Waals surface area contributed by atoms with Crippen LogP contribution in [0.25, 0.3) is 17.0 Å². The smallest absolute Gasteiger partial charge is 0.293 e. The van der Waals surface area contributed by atoms with Crippen LogP contribution in [0.4, 0.5) is 26.3 Å². The maximum absolute atomic E-state index is 13.1. The molecule has 30 heavy (non-hydrogen) atoms. The van der Waals surface area contributed by atoms with Gasteiger partial charge in [-0.25, -0.2) is 0 Å². The van der Waals surface area contributed by atoms with Gasteiger partial charge in [-0.1, -0.05) is 0 Å². The maximum Gasteiger partial charge on any atom is 0.453 e. The maximum atomic E-state index is 13.1. The Labute approximate surface area is 167 Å². The molecule has 0 aromatic carbocycles. The first-order valence-electron chi connectivity index (χ1n) is 8.00. The van der Waals surface area contributed by atoms with Gasteiger partial charge in [-0.2, -0.15) is 36.0 Å². The van der Waals surface area contributed by atoms with Gasteiger partial charge in [0.25, 0.3) is 5.82 Å². The van der Waals surface area contributed by atoms with Crippen molar-refractivity contribution in [2.75, 3.05) is 0 Å². The highest BCUT2D eigenvalue weighted by Gasteiger charge is 2.38. The molecule has 0 saturated carbocycles. The van der Waals surface area contributed by atoms with Crippen LogP contribution in [0.1, 0.15) is 5.82 Å². The van der Waals surface area contributed by atoms with Gasteiger partial charge in [0.2, 0.25) is 0 Å². The Hall–Kier alpha value is -3.23. The summed E-state index contributed by atoms with van der Waals surface area (Å²) in [6.07, 6.45) is -6.63. The average molecular weight is 446 g/mol. The number of aromatic nitrogens is 8. The van der Waals surface area contributed by atoms with Gasteiger partial charge in [-0.15, -0.1) is 20.4 Å². The van der Waals surface area contributed by atoms with Gasteiger partial charge in [0, 0.05) is 18.0 Å². The fourth-order valence-electron chi connectivity index (χ4n) is 2.50. The molecule has 0 bridgehead atoms. The van der Waals surface area contributed by atoms with Crippen LogP contribution in [0.5, 0.6) is 0 Å². The summed E-state index contributed by atoms with van der Waals surface area (Å²) in [4.78, 5) is 3.80. The summed E-state index contributed by atoms with van der Waals surface area (Å²) in [5.74, 6) is -1.42. The minimum absolute atomic E-state index is 0.0510. The number of nitrogens with zero attached hydrogens (tertiary/aromatic N) is 8. The zero-order valence-electron chi connectivity index (χ0n) is 14.4. The summed E-state index contributed by atoms with van der Waals surface area (Å²) in [7, 11) is 0. The van der Waals surface area contributed by atoms with Crippen molar-refractivity contribution < 1.29 is 26.3 Å². The van der Waals surface area contributed by atoms with Crippen molar-refractivity contribution in [2.24, 2.45) is 0 Å². The molecule has 0 saturated heterocycles. The molecular formula is C15H8F6N8S. The Morgan fingerprint density at radius 2 is 1.60 bits per heavy atom.